The van der Waals surface area contributed by atoms with Gasteiger partial charge in [0.1, 0.15) is 0 Å². The van der Waals surface area contributed by atoms with E-state index in [1.165, 1.54) is 4.90 Å². The number of carbonyl (C=O) groups is 2. The maximum atomic E-state index is 12.2. The van der Waals surface area contributed by atoms with E-state index in [0.29, 0.717) is 12.1 Å². The minimum absolute atomic E-state index is 0.0578. The minimum Gasteiger partial charge on any atom is -0.278 e. The van der Waals surface area contributed by atoms with E-state index in [0.717, 1.165) is 12.8 Å². The highest BCUT2D eigenvalue weighted by Gasteiger charge is 2.38. The molecule has 1 fully saturated rings. The van der Waals surface area contributed by atoms with Crippen LogP contribution in [0.1, 0.15) is 37.0 Å². The van der Waals surface area contributed by atoms with Crippen molar-refractivity contribution in [2.75, 3.05) is 6.54 Å². The van der Waals surface area contributed by atoms with E-state index in [-0.39, 0.29) is 11.8 Å². The predicted octanol–water partition coefficient (Wildman–Crippen LogP) is 2.48. The molecular weight excluding hydrogens is 214 g/mol. The highest BCUT2D eigenvalue weighted by molar-refractivity contribution is 6.06. The Morgan fingerprint density at radius 3 is 2.53 bits per heavy atom. The molecule has 3 nitrogen and oxygen atoms in total. The molecule has 3 heteroatoms. The van der Waals surface area contributed by atoms with Gasteiger partial charge >= 0.3 is 0 Å². The Morgan fingerprint density at radius 2 is 1.88 bits per heavy atom. The Morgan fingerprint density at radius 1 is 1.24 bits per heavy atom. The first-order valence-electron chi connectivity index (χ1n) is 5.94. The molecule has 1 heterocycles. The molecule has 17 heavy (non-hydrogen) atoms. The summed E-state index contributed by atoms with van der Waals surface area (Å²) in [5.74, 6) is -0.235. The van der Waals surface area contributed by atoms with Gasteiger partial charge < -0.3 is 0 Å². The summed E-state index contributed by atoms with van der Waals surface area (Å²) in [7, 11) is 0. The lowest BCUT2D eigenvalue weighted by molar-refractivity contribution is -0.140. The maximum Gasteiger partial charge on any atom is 0.260 e. The lowest BCUT2D eigenvalue weighted by Gasteiger charge is -2.35. The lowest BCUT2D eigenvalue weighted by atomic mass is 9.83. The van der Waals surface area contributed by atoms with E-state index in [1.807, 2.05) is 32.0 Å². The standard InChI is InChI=1S/C14H17NO2/c1-14(2)9-6-10-15(13(14)17)12(16)11-7-4-3-5-8-11/h3-5,7-8H,6,9-10H2,1-2H3. The summed E-state index contributed by atoms with van der Waals surface area (Å²) in [5.41, 5.74) is 0.168. The zero-order chi connectivity index (χ0) is 12.5. The van der Waals surface area contributed by atoms with Crippen LogP contribution in [0.2, 0.25) is 0 Å². The van der Waals surface area contributed by atoms with Crippen LogP contribution in [0.3, 0.4) is 0 Å². The normalized spacial score (nSPS) is 19.2. The van der Waals surface area contributed by atoms with Gasteiger partial charge in [-0.1, -0.05) is 32.0 Å². The van der Waals surface area contributed by atoms with Crippen LogP contribution in [0.4, 0.5) is 0 Å². The monoisotopic (exact) mass is 231 g/mol. The number of carbonyl (C=O) groups excluding carboxylic acids is 2. The number of piperidine rings is 1. The van der Waals surface area contributed by atoms with Gasteiger partial charge in [0.15, 0.2) is 0 Å². The maximum absolute atomic E-state index is 12.2. The summed E-state index contributed by atoms with van der Waals surface area (Å²) >= 11 is 0. The molecule has 1 aromatic carbocycles. The van der Waals surface area contributed by atoms with E-state index >= 15 is 0 Å². The van der Waals surface area contributed by atoms with Crippen LogP contribution in [-0.4, -0.2) is 23.3 Å². The first-order valence-corrected chi connectivity index (χ1v) is 5.94. The summed E-state index contributed by atoms with van der Waals surface area (Å²) in [6.07, 6.45) is 1.74. The second kappa shape index (κ2) is 4.32. The summed E-state index contributed by atoms with van der Waals surface area (Å²) in [6, 6.07) is 8.98. The molecule has 0 atom stereocenters. The average Bonchev–Trinajstić information content (AvgIpc) is 2.33. The van der Waals surface area contributed by atoms with Crippen LogP contribution < -0.4 is 0 Å². The van der Waals surface area contributed by atoms with Crippen LogP contribution in [0, 0.1) is 5.41 Å². The van der Waals surface area contributed by atoms with Gasteiger partial charge in [-0.05, 0) is 25.0 Å². The van der Waals surface area contributed by atoms with E-state index in [2.05, 4.69) is 0 Å². The first kappa shape index (κ1) is 11.8. The van der Waals surface area contributed by atoms with E-state index in [4.69, 9.17) is 0 Å². The molecule has 0 aromatic heterocycles. The molecule has 2 rings (SSSR count). The van der Waals surface area contributed by atoms with Gasteiger partial charge in [0.2, 0.25) is 5.91 Å². The number of rotatable bonds is 1. The number of amides is 2. The molecule has 0 aliphatic carbocycles. The van der Waals surface area contributed by atoms with Crippen molar-refractivity contribution in [3.63, 3.8) is 0 Å². The number of benzene rings is 1. The fourth-order valence-electron chi connectivity index (χ4n) is 2.18. The molecule has 2 amide bonds. The number of likely N-dealkylation sites (tertiary alicyclic amines) is 1. The van der Waals surface area contributed by atoms with Crippen molar-refractivity contribution in [2.45, 2.75) is 26.7 Å². The summed E-state index contributed by atoms with van der Waals surface area (Å²) in [6.45, 7) is 4.34. The molecule has 0 spiro atoms. The van der Waals surface area contributed by atoms with Crippen molar-refractivity contribution in [3.05, 3.63) is 35.9 Å². The summed E-state index contributed by atoms with van der Waals surface area (Å²) < 4.78 is 0. The Hall–Kier alpha value is -1.64. The molecule has 0 bridgehead atoms. The van der Waals surface area contributed by atoms with Gasteiger partial charge in [0, 0.05) is 17.5 Å². The van der Waals surface area contributed by atoms with Crippen LogP contribution in [0.5, 0.6) is 0 Å². The van der Waals surface area contributed by atoms with E-state index in [1.54, 1.807) is 12.1 Å². The predicted molar refractivity (Wildman–Crippen MR) is 65.5 cm³/mol. The molecule has 1 saturated heterocycles. The molecule has 0 N–H and O–H groups in total. The molecule has 0 saturated carbocycles. The molecule has 0 radical (unpaired) electrons. The summed E-state index contributed by atoms with van der Waals surface area (Å²) in [4.78, 5) is 25.8. The molecular formula is C14H17NO2. The van der Waals surface area contributed by atoms with Crippen LogP contribution in [0.15, 0.2) is 30.3 Å². The van der Waals surface area contributed by atoms with Crippen LogP contribution in [0.25, 0.3) is 0 Å². The van der Waals surface area contributed by atoms with Crippen LogP contribution >= 0.6 is 0 Å². The van der Waals surface area contributed by atoms with Crippen molar-refractivity contribution in [1.82, 2.24) is 4.90 Å². The first-order chi connectivity index (χ1) is 8.02. The van der Waals surface area contributed by atoms with Crippen molar-refractivity contribution < 1.29 is 9.59 Å². The fourth-order valence-corrected chi connectivity index (χ4v) is 2.18. The van der Waals surface area contributed by atoms with Gasteiger partial charge in [-0.15, -0.1) is 0 Å². The third-order valence-corrected chi connectivity index (χ3v) is 3.27. The van der Waals surface area contributed by atoms with Crippen molar-refractivity contribution in [2.24, 2.45) is 5.41 Å². The van der Waals surface area contributed by atoms with E-state index in [9.17, 15) is 9.59 Å². The number of hydrogen-bond acceptors (Lipinski definition) is 2. The minimum atomic E-state index is -0.414. The van der Waals surface area contributed by atoms with Crippen LogP contribution in [-0.2, 0) is 4.79 Å². The largest absolute Gasteiger partial charge is 0.278 e. The molecule has 1 aliphatic rings. The highest BCUT2D eigenvalue weighted by atomic mass is 16.2. The Bertz CT molecular complexity index is 437. The third-order valence-electron chi connectivity index (χ3n) is 3.27. The Labute approximate surface area is 101 Å². The second-order valence-corrected chi connectivity index (χ2v) is 5.12. The number of imide groups is 1. The van der Waals surface area contributed by atoms with Crippen molar-refractivity contribution in [1.29, 1.82) is 0 Å². The zero-order valence-electron chi connectivity index (χ0n) is 10.3. The third kappa shape index (κ3) is 2.23. The molecule has 1 aliphatic heterocycles. The van der Waals surface area contributed by atoms with Gasteiger partial charge in [0.05, 0.1) is 0 Å². The van der Waals surface area contributed by atoms with Gasteiger partial charge in [0.25, 0.3) is 5.91 Å². The molecule has 90 valence electrons. The lowest BCUT2D eigenvalue weighted by Crippen LogP contribution is -2.48. The highest BCUT2D eigenvalue weighted by Crippen LogP contribution is 2.30. The molecule has 1 aromatic rings. The SMILES string of the molecule is CC1(C)CCCN(C(=O)c2ccccc2)C1=O. The quantitative estimate of drug-likeness (QED) is 0.696. The number of hydrogen-bond donors (Lipinski definition) is 0. The summed E-state index contributed by atoms with van der Waals surface area (Å²) in [5, 5.41) is 0. The Balaban J connectivity index is 2.23. The van der Waals surface area contributed by atoms with Crippen molar-refractivity contribution >= 4 is 11.8 Å². The van der Waals surface area contributed by atoms with E-state index < -0.39 is 5.41 Å². The topological polar surface area (TPSA) is 37.4 Å². The van der Waals surface area contributed by atoms with Gasteiger partial charge in [-0.3, -0.25) is 14.5 Å². The molecule has 0 unspecified atom stereocenters. The van der Waals surface area contributed by atoms with Gasteiger partial charge in [-0.25, -0.2) is 0 Å². The fraction of sp³-hybridized carbons (Fsp3) is 0.429. The smallest absolute Gasteiger partial charge is 0.260 e. The average molecular weight is 231 g/mol. The van der Waals surface area contributed by atoms with Crippen molar-refractivity contribution in [3.8, 4) is 0 Å². The Kier molecular flexibility index (Phi) is 3.01. The number of nitrogens with zero attached hydrogens (tertiary/aromatic N) is 1. The zero-order valence-corrected chi connectivity index (χ0v) is 10.3. The van der Waals surface area contributed by atoms with Gasteiger partial charge in [-0.2, -0.15) is 0 Å². The second-order valence-electron chi connectivity index (χ2n) is 5.12.